The Hall–Kier alpha value is -1.70. The van der Waals surface area contributed by atoms with E-state index in [1.54, 1.807) is 36.6 Å². The van der Waals surface area contributed by atoms with Gasteiger partial charge in [-0.3, -0.25) is 4.79 Å². The minimum Gasteiger partial charge on any atom is -0.348 e. The Kier molecular flexibility index (Phi) is 6.11. The fraction of sp³-hybridized carbons (Fsp3) is 0.421. The van der Waals surface area contributed by atoms with Crippen LogP contribution in [0.25, 0.3) is 0 Å². The van der Waals surface area contributed by atoms with Crippen molar-refractivity contribution in [2.45, 2.75) is 49.6 Å². The summed E-state index contributed by atoms with van der Waals surface area (Å²) in [6.45, 7) is 0.432. The van der Waals surface area contributed by atoms with Crippen LogP contribution in [0.4, 0.5) is 0 Å². The van der Waals surface area contributed by atoms with Gasteiger partial charge in [0.2, 0.25) is 10.0 Å². The van der Waals surface area contributed by atoms with Crippen molar-refractivity contribution < 1.29 is 13.2 Å². The molecule has 0 atom stereocenters. The summed E-state index contributed by atoms with van der Waals surface area (Å²) >= 11 is 1.57. The minimum atomic E-state index is -3.60. The van der Waals surface area contributed by atoms with E-state index < -0.39 is 10.0 Å². The molecule has 1 saturated carbocycles. The van der Waals surface area contributed by atoms with E-state index in [9.17, 15) is 13.2 Å². The standard InChI is InChI=1S/C19H24N2O3S2/c1-21(17-7-3-2-4-8-17)26(23,24)18-9-5-6-16(12-18)19(22)20-13-15-10-11-25-14-15/h5-6,9-12,14,17H,2-4,7-8,13H2,1H3,(H,20,22). The van der Waals surface area contributed by atoms with Crippen molar-refractivity contribution >= 4 is 27.3 Å². The van der Waals surface area contributed by atoms with Gasteiger partial charge in [0.1, 0.15) is 0 Å². The molecular weight excluding hydrogens is 368 g/mol. The van der Waals surface area contributed by atoms with Crippen LogP contribution in [0.3, 0.4) is 0 Å². The average molecular weight is 393 g/mol. The molecule has 0 aliphatic heterocycles. The average Bonchev–Trinajstić information content (AvgIpc) is 3.20. The third kappa shape index (κ3) is 4.34. The second kappa shape index (κ2) is 8.33. The van der Waals surface area contributed by atoms with Crippen molar-refractivity contribution in [3.8, 4) is 0 Å². The van der Waals surface area contributed by atoms with Crippen molar-refractivity contribution in [3.05, 3.63) is 52.2 Å². The van der Waals surface area contributed by atoms with Gasteiger partial charge < -0.3 is 5.32 Å². The highest BCUT2D eigenvalue weighted by molar-refractivity contribution is 7.89. The molecule has 3 rings (SSSR count). The molecule has 7 heteroatoms. The molecule has 0 spiro atoms. The lowest BCUT2D eigenvalue weighted by Gasteiger charge is -2.30. The molecule has 1 amide bonds. The van der Waals surface area contributed by atoms with Crippen LogP contribution in [0, 0.1) is 0 Å². The maximum Gasteiger partial charge on any atom is 0.251 e. The molecule has 0 unspecified atom stereocenters. The van der Waals surface area contributed by atoms with Crippen molar-refractivity contribution in [2.24, 2.45) is 0 Å². The van der Waals surface area contributed by atoms with Crippen molar-refractivity contribution in [3.63, 3.8) is 0 Å². The first-order valence-corrected chi connectivity index (χ1v) is 11.2. The first-order valence-electron chi connectivity index (χ1n) is 8.86. The van der Waals surface area contributed by atoms with Crippen molar-refractivity contribution in [2.75, 3.05) is 7.05 Å². The first kappa shape index (κ1) is 19.1. The summed E-state index contributed by atoms with van der Waals surface area (Å²) in [6, 6.07) is 8.29. The molecule has 0 saturated heterocycles. The van der Waals surface area contributed by atoms with E-state index in [1.165, 1.54) is 16.8 Å². The lowest BCUT2D eigenvalue weighted by atomic mass is 9.96. The summed E-state index contributed by atoms with van der Waals surface area (Å²) in [4.78, 5) is 12.5. The Labute approximate surface area is 159 Å². The number of nitrogens with zero attached hydrogens (tertiary/aromatic N) is 1. The van der Waals surface area contributed by atoms with Gasteiger partial charge in [-0.15, -0.1) is 0 Å². The molecule has 5 nitrogen and oxygen atoms in total. The molecule has 1 aliphatic rings. The van der Waals surface area contributed by atoms with Gasteiger partial charge in [-0.25, -0.2) is 8.42 Å². The zero-order chi connectivity index (χ0) is 18.6. The van der Waals surface area contributed by atoms with Gasteiger partial charge in [0, 0.05) is 25.2 Å². The number of carbonyl (C=O) groups is 1. The number of nitrogens with one attached hydrogen (secondary N) is 1. The smallest absolute Gasteiger partial charge is 0.251 e. The quantitative estimate of drug-likeness (QED) is 0.816. The van der Waals surface area contributed by atoms with Crippen LogP contribution in [0.15, 0.2) is 46.0 Å². The fourth-order valence-electron chi connectivity index (χ4n) is 3.28. The van der Waals surface area contributed by atoms with E-state index in [0.717, 1.165) is 31.2 Å². The Morgan fingerprint density at radius 3 is 2.69 bits per heavy atom. The Morgan fingerprint density at radius 2 is 2.00 bits per heavy atom. The number of benzene rings is 1. The van der Waals surface area contributed by atoms with Gasteiger partial charge in [-0.2, -0.15) is 15.6 Å². The predicted molar refractivity (Wildman–Crippen MR) is 104 cm³/mol. The van der Waals surface area contributed by atoms with E-state index >= 15 is 0 Å². The zero-order valence-corrected chi connectivity index (χ0v) is 16.5. The van der Waals surface area contributed by atoms with Crippen LogP contribution in [0.5, 0.6) is 0 Å². The highest BCUT2D eigenvalue weighted by Crippen LogP contribution is 2.26. The van der Waals surface area contributed by atoms with Crippen molar-refractivity contribution in [1.29, 1.82) is 0 Å². The van der Waals surface area contributed by atoms with Crippen molar-refractivity contribution in [1.82, 2.24) is 9.62 Å². The highest BCUT2D eigenvalue weighted by atomic mass is 32.2. The zero-order valence-electron chi connectivity index (χ0n) is 14.8. The van der Waals surface area contributed by atoms with Gasteiger partial charge >= 0.3 is 0 Å². The first-order chi connectivity index (χ1) is 12.5. The highest BCUT2D eigenvalue weighted by Gasteiger charge is 2.29. The fourth-order valence-corrected chi connectivity index (χ4v) is 5.41. The molecule has 140 valence electrons. The number of rotatable bonds is 6. The van der Waals surface area contributed by atoms with Crippen LogP contribution in [0.1, 0.15) is 48.0 Å². The number of thiophene rings is 1. The summed E-state index contributed by atoms with van der Waals surface area (Å²) in [5.74, 6) is -0.270. The number of hydrogen-bond donors (Lipinski definition) is 1. The molecule has 1 aromatic heterocycles. The maximum absolute atomic E-state index is 12.9. The summed E-state index contributed by atoms with van der Waals surface area (Å²) in [5.41, 5.74) is 1.39. The molecule has 0 radical (unpaired) electrons. The monoisotopic (exact) mass is 392 g/mol. The second-order valence-electron chi connectivity index (χ2n) is 6.66. The number of carbonyl (C=O) groups excluding carboxylic acids is 1. The summed E-state index contributed by atoms with van der Waals surface area (Å²) in [7, 11) is -1.95. The van der Waals surface area contributed by atoms with Gasteiger partial charge in [-0.05, 0) is 53.4 Å². The van der Waals surface area contributed by atoms with E-state index in [-0.39, 0.29) is 16.8 Å². The summed E-state index contributed by atoms with van der Waals surface area (Å²) in [5, 5.41) is 6.76. The molecule has 1 N–H and O–H groups in total. The minimum absolute atomic E-state index is 0.0461. The SMILES string of the molecule is CN(C1CCCCC1)S(=O)(=O)c1cccc(C(=O)NCc2ccsc2)c1. The van der Waals surface area contributed by atoms with E-state index in [1.807, 2.05) is 16.8 Å². The van der Waals surface area contributed by atoms with Gasteiger partial charge in [0.05, 0.1) is 4.90 Å². The second-order valence-corrected chi connectivity index (χ2v) is 9.43. The molecule has 1 aromatic carbocycles. The topological polar surface area (TPSA) is 66.5 Å². The molecular formula is C19H24N2O3S2. The Balaban J connectivity index is 1.73. The van der Waals surface area contributed by atoms with Gasteiger partial charge in [0.15, 0.2) is 0 Å². The third-order valence-corrected chi connectivity index (χ3v) is 7.53. The Bertz CT molecular complexity index is 841. The predicted octanol–water partition coefficient (Wildman–Crippen LogP) is 3.63. The lowest BCUT2D eigenvalue weighted by Crippen LogP contribution is -2.38. The van der Waals surface area contributed by atoms with Gasteiger partial charge in [-0.1, -0.05) is 25.3 Å². The summed E-state index contributed by atoms with van der Waals surface area (Å²) < 4.78 is 27.4. The van der Waals surface area contributed by atoms with E-state index in [0.29, 0.717) is 12.1 Å². The summed E-state index contributed by atoms with van der Waals surface area (Å²) in [6.07, 6.45) is 5.10. The van der Waals surface area contributed by atoms with E-state index in [2.05, 4.69) is 5.32 Å². The third-order valence-electron chi connectivity index (χ3n) is 4.90. The largest absolute Gasteiger partial charge is 0.348 e. The molecule has 1 fully saturated rings. The Morgan fingerprint density at radius 1 is 1.23 bits per heavy atom. The normalized spacial score (nSPS) is 15.9. The number of sulfonamides is 1. The number of hydrogen-bond acceptors (Lipinski definition) is 4. The molecule has 26 heavy (non-hydrogen) atoms. The molecule has 1 heterocycles. The van der Waals surface area contributed by atoms with Crippen LogP contribution < -0.4 is 5.32 Å². The van der Waals surface area contributed by atoms with Crippen LogP contribution >= 0.6 is 11.3 Å². The van der Waals surface area contributed by atoms with Crippen LogP contribution in [0.2, 0.25) is 0 Å². The molecule has 0 bridgehead atoms. The van der Waals surface area contributed by atoms with E-state index in [4.69, 9.17) is 0 Å². The maximum atomic E-state index is 12.9. The molecule has 2 aromatic rings. The van der Waals surface area contributed by atoms with Crippen LogP contribution in [-0.2, 0) is 16.6 Å². The van der Waals surface area contributed by atoms with Crippen LogP contribution in [-0.4, -0.2) is 31.7 Å². The van der Waals surface area contributed by atoms with Gasteiger partial charge in [0.25, 0.3) is 5.91 Å². The lowest BCUT2D eigenvalue weighted by molar-refractivity contribution is 0.0950. The number of amides is 1. The molecule has 1 aliphatic carbocycles.